The third-order valence-electron chi connectivity index (χ3n) is 4.05. The van der Waals surface area contributed by atoms with Crippen LogP contribution in [0.25, 0.3) is 16.3 Å². The van der Waals surface area contributed by atoms with E-state index in [2.05, 4.69) is 15.3 Å². The minimum atomic E-state index is -0.188. The zero-order valence-corrected chi connectivity index (χ0v) is 15.5. The first-order chi connectivity index (χ1) is 13.2. The number of carbonyl (C=O) groups excluding carboxylic acids is 1. The number of nitrogens with zero attached hydrogens (tertiary/aromatic N) is 5. The van der Waals surface area contributed by atoms with Crippen molar-refractivity contribution in [3.05, 3.63) is 83.6 Å². The molecule has 7 heteroatoms. The van der Waals surface area contributed by atoms with E-state index in [0.717, 1.165) is 22.0 Å². The summed E-state index contributed by atoms with van der Waals surface area (Å²) >= 11 is 1.57. The van der Waals surface area contributed by atoms with Crippen molar-refractivity contribution >= 4 is 17.2 Å². The van der Waals surface area contributed by atoms with E-state index >= 15 is 0 Å². The van der Waals surface area contributed by atoms with Crippen LogP contribution in [0, 0.1) is 0 Å². The molecule has 0 aliphatic heterocycles. The SMILES string of the molecule is CN(Cc1csc(-c2ccccc2)n1)C(=O)c1cn(-c2ccccc2)nn1. The van der Waals surface area contributed by atoms with Crippen molar-refractivity contribution in [3.63, 3.8) is 0 Å². The van der Waals surface area contributed by atoms with Crippen molar-refractivity contribution < 1.29 is 4.79 Å². The van der Waals surface area contributed by atoms with Crippen LogP contribution in [0.5, 0.6) is 0 Å². The first-order valence-corrected chi connectivity index (χ1v) is 9.32. The molecule has 0 saturated carbocycles. The number of aromatic nitrogens is 4. The standard InChI is InChI=1S/C20H17N5OS/c1-24(12-16-14-27-19(21-16)15-8-4-2-5-9-15)20(26)18-13-25(23-22-18)17-10-6-3-7-11-17/h2-11,13-14H,12H2,1H3. The summed E-state index contributed by atoms with van der Waals surface area (Å²) < 4.78 is 1.59. The molecule has 2 aromatic carbocycles. The normalized spacial score (nSPS) is 10.7. The molecule has 4 aromatic rings. The third-order valence-corrected chi connectivity index (χ3v) is 4.99. The number of amides is 1. The van der Waals surface area contributed by atoms with Crippen LogP contribution in [0.4, 0.5) is 0 Å². The Bertz CT molecular complexity index is 1040. The number of hydrogen-bond acceptors (Lipinski definition) is 5. The molecular formula is C20H17N5OS. The maximum absolute atomic E-state index is 12.7. The van der Waals surface area contributed by atoms with Gasteiger partial charge in [0.15, 0.2) is 5.69 Å². The van der Waals surface area contributed by atoms with E-state index in [0.29, 0.717) is 12.2 Å². The second-order valence-electron chi connectivity index (χ2n) is 6.06. The topological polar surface area (TPSA) is 63.9 Å². The fourth-order valence-electron chi connectivity index (χ4n) is 2.67. The van der Waals surface area contributed by atoms with Crippen molar-refractivity contribution in [2.45, 2.75) is 6.54 Å². The molecule has 0 unspecified atom stereocenters. The second kappa shape index (κ2) is 7.51. The summed E-state index contributed by atoms with van der Waals surface area (Å²) in [6, 6.07) is 19.6. The van der Waals surface area contributed by atoms with Gasteiger partial charge in [-0.2, -0.15) is 0 Å². The summed E-state index contributed by atoms with van der Waals surface area (Å²) in [5.41, 5.74) is 3.09. The molecule has 1 amide bonds. The van der Waals surface area contributed by atoms with Gasteiger partial charge in [0.05, 0.1) is 24.1 Å². The quantitative estimate of drug-likeness (QED) is 0.534. The van der Waals surface area contributed by atoms with Gasteiger partial charge in [0.25, 0.3) is 5.91 Å². The average molecular weight is 375 g/mol. The second-order valence-corrected chi connectivity index (χ2v) is 6.91. The van der Waals surface area contributed by atoms with Gasteiger partial charge in [-0.25, -0.2) is 9.67 Å². The lowest BCUT2D eigenvalue weighted by atomic mass is 10.2. The highest BCUT2D eigenvalue weighted by molar-refractivity contribution is 7.13. The first-order valence-electron chi connectivity index (χ1n) is 8.44. The van der Waals surface area contributed by atoms with Crippen molar-refractivity contribution in [1.29, 1.82) is 0 Å². The molecule has 0 saturated heterocycles. The molecule has 0 aliphatic rings. The Balaban J connectivity index is 1.46. The number of carbonyl (C=O) groups is 1. The number of rotatable bonds is 5. The molecular weight excluding hydrogens is 358 g/mol. The fraction of sp³-hybridized carbons (Fsp3) is 0.100. The fourth-order valence-corrected chi connectivity index (χ4v) is 3.49. The van der Waals surface area contributed by atoms with Gasteiger partial charge in [-0.05, 0) is 12.1 Å². The predicted octanol–water partition coefficient (Wildman–Crippen LogP) is 3.66. The predicted molar refractivity (Wildman–Crippen MR) is 105 cm³/mol. The Kier molecular flexibility index (Phi) is 4.76. The van der Waals surface area contributed by atoms with E-state index < -0.39 is 0 Å². The Morgan fingerprint density at radius 3 is 2.52 bits per heavy atom. The maximum Gasteiger partial charge on any atom is 0.276 e. The number of thiazole rings is 1. The van der Waals surface area contributed by atoms with Crippen LogP contribution in [0.2, 0.25) is 0 Å². The molecule has 0 bridgehead atoms. The lowest BCUT2D eigenvalue weighted by molar-refractivity contribution is 0.0777. The van der Waals surface area contributed by atoms with Crippen LogP contribution in [-0.4, -0.2) is 37.8 Å². The first kappa shape index (κ1) is 17.1. The molecule has 4 rings (SSSR count). The largest absolute Gasteiger partial charge is 0.334 e. The van der Waals surface area contributed by atoms with E-state index in [-0.39, 0.29) is 5.91 Å². The highest BCUT2D eigenvalue weighted by Gasteiger charge is 2.17. The van der Waals surface area contributed by atoms with Crippen molar-refractivity contribution in [3.8, 4) is 16.3 Å². The Hall–Kier alpha value is -3.32. The van der Waals surface area contributed by atoms with E-state index in [1.165, 1.54) is 0 Å². The molecule has 27 heavy (non-hydrogen) atoms. The summed E-state index contributed by atoms with van der Waals surface area (Å²) in [7, 11) is 1.74. The highest BCUT2D eigenvalue weighted by atomic mass is 32.1. The highest BCUT2D eigenvalue weighted by Crippen LogP contribution is 2.23. The van der Waals surface area contributed by atoms with Crippen LogP contribution in [0.3, 0.4) is 0 Å². The van der Waals surface area contributed by atoms with Gasteiger partial charge >= 0.3 is 0 Å². The molecule has 0 aliphatic carbocycles. The molecule has 0 atom stereocenters. The molecule has 0 fully saturated rings. The number of para-hydroxylation sites is 1. The van der Waals surface area contributed by atoms with Gasteiger partial charge < -0.3 is 4.90 Å². The lowest BCUT2D eigenvalue weighted by Crippen LogP contribution is -2.26. The van der Waals surface area contributed by atoms with Gasteiger partial charge in [-0.3, -0.25) is 4.79 Å². The lowest BCUT2D eigenvalue weighted by Gasteiger charge is -2.13. The summed E-state index contributed by atoms with van der Waals surface area (Å²) in [5.74, 6) is -0.188. The molecule has 0 N–H and O–H groups in total. The van der Waals surface area contributed by atoms with E-state index in [1.54, 1.807) is 34.2 Å². The van der Waals surface area contributed by atoms with E-state index in [9.17, 15) is 4.79 Å². The molecule has 134 valence electrons. The van der Waals surface area contributed by atoms with Crippen molar-refractivity contribution in [1.82, 2.24) is 24.9 Å². The van der Waals surface area contributed by atoms with Crippen LogP contribution >= 0.6 is 11.3 Å². The summed E-state index contributed by atoms with van der Waals surface area (Å²) in [4.78, 5) is 18.9. The van der Waals surface area contributed by atoms with Gasteiger partial charge in [0.1, 0.15) is 5.01 Å². The zero-order chi connectivity index (χ0) is 18.6. The van der Waals surface area contributed by atoms with Crippen LogP contribution in [-0.2, 0) is 6.54 Å². The van der Waals surface area contributed by atoms with E-state index in [1.807, 2.05) is 66.0 Å². The monoisotopic (exact) mass is 375 g/mol. The van der Waals surface area contributed by atoms with Gasteiger partial charge in [0, 0.05) is 18.0 Å². The molecule has 6 nitrogen and oxygen atoms in total. The van der Waals surface area contributed by atoms with Crippen LogP contribution in [0.1, 0.15) is 16.2 Å². The molecule has 0 radical (unpaired) electrons. The van der Waals surface area contributed by atoms with Crippen molar-refractivity contribution in [2.24, 2.45) is 0 Å². The smallest absolute Gasteiger partial charge is 0.276 e. The summed E-state index contributed by atoms with van der Waals surface area (Å²) in [6.45, 7) is 0.417. The third kappa shape index (κ3) is 3.78. The minimum Gasteiger partial charge on any atom is -0.334 e. The van der Waals surface area contributed by atoms with Gasteiger partial charge in [-0.1, -0.05) is 53.7 Å². The van der Waals surface area contributed by atoms with Crippen LogP contribution in [0.15, 0.2) is 72.2 Å². The Morgan fingerprint density at radius 2 is 1.78 bits per heavy atom. The summed E-state index contributed by atoms with van der Waals surface area (Å²) in [5, 5.41) is 11.0. The molecule has 0 spiro atoms. The maximum atomic E-state index is 12.7. The Labute approximate surface area is 160 Å². The summed E-state index contributed by atoms with van der Waals surface area (Å²) in [6.07, 6.45) is 1.64. The zero-order valence-electron chi connectivity index (χ0n) is 14.7. The number of hydrogen-bond donors (Lipinski definition) is 0. The average Bonchev–Trinajstić information content (AvgIpc) is 3.39. The van der Waals surface area contributed by atoms with Gasteiger partial charge in [-0.15, -0.1) is 16.4 Å². The molecule has 2 aromatic heterocycles. The molecule has 2 heterocycles. The van der Waals surface area contributed by atoms with E-state index in [4.69, 9.17) is 0 Å². The van der Waals surface area contributed by atoms with Crippen LogP contribution < -0.4 is 0 Å². The Morgan fingerprint density at radius 1 is 1.07 bits per heavy atom. The van der Waals surface area contributed by atoms with Gasteiger partial charge in [0.2, 0.25) is 0 Å². The minimum absolute atomic E-state index is 0.188. The van der Waals surface area contributed by atoms with Crippen molar-refractivity contribution in [2.75, 3.05) is 7.05 Å². The number of benzene rings is 2.